The Morgan fingerprint density at radius 3 is 2.53 bits per heavy atom. The number of hydrogen-bond donors (Lipinski definition) is 1. The Bertz CT molecular complexity index is 176. The summed E-state index contributed by atoms with van der Waals surface area (Å²) in [6.07, 6.45) is 11.1. The van der Waals surface area contributed by atoms with Crippen molar-refractivity contribution in [1.82, 2.24) is 10.2 Å². The zero-order chi connectivity index (χ0) is 12.5. The molecule has 1 fully saturated rings. The van der Waals surface area contributed by atoms with Gasteiger partial charge in [0.15, 0.2) is 0 Å². The quantitative estimate of drug-likeness (QED) is 0.654. The van der Waals surface area contributed by atoms with Crippen molar-refractivity contribution < 1.29 is 0 Å². The Hall–Kier alpha value is -0.0800. The first-order valence-corrected chi connectivity index (χ1v) is 7.68. The van der Waals surface area contributed by atoms with Gasteiger partial charge >= 0.3 is 0 Å². The SMILES string of the molecule is CCCNCCCC(C)N(C)C1CCCCC1. The van der Waals surface area contributed by atoms with Crippen molar-refractivity contribution in [3.05, 3.63) is 0 Å². The topological polar surface area (TPSA) is 15.3 Å². The summed E-state index contributed by atoms with van der Waals surface area (Å²) in [5, 5.41) is 3.49. The Labute approximate surface area is 108 Å². The molecule has 2 heteroatoms. The number of rotatable bonds is 8. The average molecular weight is 240 g/mol. The summed E-state index contributed by atoms with van der Waals surface area (Å²) in [7, 11) is 2.33. The van der Waals surface area contributed by atoms with E-state index in [1.807, 2.05) is 0 Å². The molecular weight excluding hydrogens is 208 g/mol. The molecule has 1 rings (SSSR count). The molecule has 0 aromatic rings. The molecule has 0 aromatic carbocycles. The first kappa shape index (κ1) is 15.0. The highest BCUT2D eigenvalue weighted by Crippen LogP contribution is 2.23. The minimum atomic E-state index is 0.751. The molecule has 1 atom stereocenters. The standard InChI is InChI=1S/C15H32N2/c1-4-12-16-13-8-9-14(2)17(3)15-10-6-5-7-11-15/h14-16H,4-13H2,1-3H3. The molecule has 0 radical (unpaired) electrons. The van der Waals surface area contributed by atoms with Gasteiger partial charge in [0, 0.05) is 12.1 Å². The van der Waals surface area contributed by atoms with Crippen molar-refractivity contribution in [3.63, 3.8) is 0 Å². The lowest BCUT2D eigenvalue weighted by Gasteiger charge is -2.35. The molecule has 17 heavy (non-hydrogen) atoms. The van der Waals surface area contributed by atoms with E-state index < -0.39 is 0 Å². The van der Waals surface area contributed by atoms with Crippen molar-refractivity contribution in [2.75, 3.05) is 20.1 Å². The zero-order valence-corrected chi connectivity index (χ0v) is 12.2. The normalized spacial score (nSPS) is 19.8. The molecule has 1 aliphatic rings. The molecule has 1 saturated carbocycles. The number of hydrogen-bond acceptors (Lipinski definition) is 2. The van der Waals surface area contributed by atoms with Crippen LogP contribution < -0.4 is 5.32 Å². The lowest BCUT2D eigenvalue weighted by molar-refractivity contribution is 0.139. The monoisotopic (exact) mass is 240 g/mol. The van der Waals surface area contributed by atoms with Crippen molar-refractivity contribution in [3.8, 4) is 0 Å². The molecular formula is C15H32N2. The maximum Gasteiger partial charge on any atom is 0.00950 e. The van der Waals surface area contributed by atoms with Gasteiger partial charge in [-0.15, -0.1) is 0 Å². The number of nitrogens with one attached hydrogen (secondary N) is 1. The summed E-state index contributed by atoms with van der Waals surface area (Å²) in [4.78, 5) is 2.64. The maximum absolute atomic E-state index is 3.49. The minimum absolute atomic E-state index is 0.751. The maximum atomic E-state index is 3.49. The van der Waals surface area contributed by atoms with Crippen molar-refractivity contribution in [1.29, 1.82) is 0 Å². The van der Waals surface area contributed by atoms with Crippen LogP contribution in [0.4, 0.5) is 0 Å². The van der Waals surface area contributed by atoms with Gasteiger partial charge in [0.05, 0.1) is 0 Å². The van der Waals surface area contributed by atoms with E-state index in [1.54, 1.807) is 0 Å². The predicted molar refractivity (Wildman–Crippen MR) is 76.5 cm³/mol. The van der Waals surface area contributed by atoms with E-state index in [-0.39, 0.29) is 0 Å². The minimum Gasteiger partial charge on any atom is -0.317 e. The van der Waals surface area contributed by atoms with Crippen LogP contribution in [0, 0.1) is 0 Å². The molecule has 1 aliphatic carbocycles. The van der Waals surface area contributed by atoms with Gasteiger partial charge in [-0.3, -0.25) is 0 Å². The molecule has 1 N–H and O–H groups in total. The summed E-state index contributed by atoms with van der Waals surface area (Å²) in [5.41, 5.74) is 0. The van der Waals surface area contributed by atoms with Gasteiger partial charge in [-0.1, -0.05) is 26.2 Å². The summed E-state index contributed by atoms with van der Waals surface area (Å²) in [6.45, 7) is 6.99. The molecule has 2 nitrogen and oxygen atoms in total. The molecule has 0 aromatic heterocycles. The van der Waals surface area contributed by atoms with Gasteiger partial charge in [-0.2, -0.15) is 0 Å². The third-order valence-corrected chi connectivity index (χ3v) is 4.25. The molecule has 0 spiro atoms. The van der Waals surface area contributed by atoms with Crippen LogP contribution in [0.25, 0.3) is 0 Å². The van der Waals surface area contributed by atoms with Gasteiger partial charge < -0.3 is 10.2 Å². The van der Waals surface area contributed by atoms with E-state index in [0.717, 1.165) is 12.1 Å². The smallest absolute Gasteiger partial charge is 0.00950 e. The molecule has 0 saturated heterocycles. The summed E-state index contributed by atoms with van der Waals surface area (Å²) in [5.74, 6) is 0. The predicted octanol–water partition coefficient (Wildman–Crippen LogP) is 3.42. The van der Waals surface area contributed by atoms with E-state index in [0.29, 0.717) is 0 Å². The summed E-state index contributed by atoms with van der Waals surface area (Å²) >= 11 is 0. The van der Waals surface area contributed by atoms with Gasteiger partial charge in [0.25, 0.3) is 0 Å². The fourth-order valence-electron chi connectivity index (χ4n) is 2.88. The van der Waals surface area contributed by atoms with Crippen molar-refractivity contribution >= 4 is 0 Å². The van der Waals surface area contributed by atoms with E-state index in [9.17, 15) is 0 Å². The van der Waals surface area contributed by atoms with E-state index in [4.69, 9.17) is 0 Å². The van der Waals surface area contributed by atoms with Crippen LogP contribution in [0.2, 0.25) is 0 Å². The van der Waals surface area contributed by atoms with Crippen LogP contribution in [-0.2, 0) is 0 Å². The Morgan fingerprint density at radius 2 is 1.88 bits per heavy atom. The third kappa shape index (κ3) is 5.87. The molecule has 0 bridgehead atoms. The highest BCUT2D eigenvalue weighted by molar-refractivity contribution is 4.77. The van der Waals surface area contributed by atoms with Crippen molar-refractivity contribution in [2.45, 2.75) is 77.3 Å². The lowest BCUT2D eigenvalue weighted by Crippen LogP contribution is -2.40. The average Bonchev–Trinajstić information content (AvgIpc) is 2.38. The Balaban J connectivity index is 2.10. The fourth-order valence-corrected chi connectivity index (χ4v) is 2.88. The molecule has 102 valence electrons. The third-order valence-electron chi connectivity index (χ3n) is 4.25. The zero-order valence-electron chi connectivity index (χ0n) is 12.2. The summed E-state index contributed by atoms with van der Waals surface area (Å²) in [6, 6.07) is 1.61. The second-order valence-corrected chi connectivity index (χ2v) is 5.70. The first-order valence-electron chi connectivity index (χ1n) is 7.68. The van der Waals surface area contributed by atoms with Crippen LogP contribution in [0.15, 0.2) is 0 Å². The van der Waals surface area contributed by atoms with Crippen LogP contribution in [-0.4, -0.2) is 37.1 Å². The Kier molecular flexibility index (Phi) is 7.87. The Morgan fingerprint density at radius 1 is 1.18 bits per heavy atom. The molecule has 0 amide bonds. The van der Waals surface area contributed by atoms with Gasteiger partial charge in [0.1, 0.15) is 0 Å². The molecule has 1 unspecified atom stereocenters. The van der Waals surface area contributed by atoms with Crippen molar-refractivity contribution in [2.24, 2.45) is 0 Å². The highest BCUT2D eigenvalue weighted by Gasteiger charge is 2.21. The van der Waals surface area contributed by atoms with E-state index in [1.165, 1.54) is 64.5 Å². The van der Waals surface area contributed by atoms with E-state index in [2.05, 4.69) is 31.1 Å². The van der Waals surface area contributed by atoms with Crippen LogP contribution in [0.1, 0.15) is 65.2 Å². The van der Waals surface area contributed by atoms with Gasteiger partial charge in [0.2, 0.25) is 0 Å². The van der Waals surface area contributed by atoms with Crippen LogP contribution >= 0.6 is 0 Å². The molecule has 0 heterocycles. The van der Waals surface area contributed by atoms with Crippen LogP contribution in [0.3, 0.4) is 0 Å². The first-order chi connectivity index (χ1) is 8.25. The van der Waals surface area contributed by atoms with E-state index >= 15 is 0 Å². The second kappa shape index (κ2) is 8.93. The number of nitrogens with zero attached hydrogens (tertiary/aromatic N) is 1. The van der Waals surface area contributed by atoms with Gasteiger partial charge in [-0.05, 0) is 59.2 Å². The summed E-state index contributed by atoms with van der Waals surface area (Å²) < 4.78 is 0. The lowest BCUT2D eigenvalue weighted by atomic mass is 9.93. The second-order valence-electron chi connectivity index (χ2n) is 5.70. The fraction of sp³-hybridized carbons (Fsp3) is 1.00. The van der Waals surface area contributed by atoms with Gasteiger partial charge in [-0.25, -0.2) is 0 Å². The largest absolute Gasteiger partial charge is 0.317 e. The highest BCUT2D eigenvalue weighted by atomic mass is 15.2. The van der Waals surface area contributed by atoms with Crippen LogP contribution in [0.5, 0.6) is 0 Å². The molecule has 0 aliphatic heterocycles.